The predicted molar refractivity (Wildman–Crippen MR) is 81.3 cm³/mol. The van der Waals surface area contributed by atoms with E-state index in [9.17, 15) is 4.79 Å². The van der Waals surface area contributed by atoms with Crippen molar-refractivity contribution < 1.29 is 9.53 Å². The third-order valence-electron chi connectivity index (χ3n) is 3.99. The van der Waals surface area contributed by atoms with Crippen molar-refractivity contribution in [3.05, 3.63) is 29.3 Å². The maximum atomic E-state index is 12.6. The molecular weight excluding hydrogens is 252 g/mol. The number of amides is 1. The predicted octanol–water partition coefficient (Wildman–Crippen LogP) is 2.68. The van der Waals surface area contributed by atoms with E-state index in [1.54, 1.807) is 0 Å². The van der Waals surface area contributed by atoms with Gasteiger partial charge in [0, 0.05) is 31.5 Å². The maximum Gasteiger partial charge on any atom is 0.254 e. The van der Waals surface area contributed by atoms with Crippen molar-refractivity contribution in [1.29, 1.82) is 0 Å². The molecule has 4 nitrogen and oxygen atoms in total. The van der Waals surface area contributed by atoms with Crippen LogP contribution >= 0.6 is 0 Å². The van der Waals surface area contributed by atoms with Crippen LogP contribution in [0, 0.1) is 6.92 Å². The molecule has 1 N–H and O–H groups in total. The standard InChI is InChI=1S/C16H24N2O2/c1-5-17-13-6-7-14(11(2)10-13)16(19)18(4)15-8-9-20-12(15)3/h6-7,10,12,15,17H,5,8-9H2,1-4H3. The highest BCUT2D eigenvalue weighted by atomic mass is 16.5. The van der Waals surface area contributed by atoms with Crippen LogP contribution in [0.15, 0.2) is 18.2 Å². The van der Waals surface area contributed by atoms with Crippen LogP contribution in [-0.2, 0) is 4.74 Å². The third-order valence-corrected chi connectivity index (χ3v) is 3.99. The first-order valence-corrected chi connectivity index (χ1v) is 7.28. The fourth-order valence-electron chi connectivity index (χ4n) is 2.79. The van der Waals surface area contributed by atoms with Crippen LogP contribution in [0.1, 0.15) is 36.2 Å². The first-order valence-electron chi connectivity index (χ1n) is 7.28. The summed E-state index contributed by atoms with van der Waals surface area (Å²) < 4.78 is 5.55. The molecule has 1 heterocycles. The summed E-state index contributed by atoms with van der Waals surface area (Å²) in [7, 11) is 1.87. The highest BCUT2D eigenvalue weighted by Crippen LogP contribution is 2.22. The van der Waals surface area contributed by atoms with Crippen LogP contribution in [0.5, 0.6) is 0 Å². The Morgan fingerprint density at radius 3 is 2.80 bits per heavy atom. The van der Waals surface area contributed by atoms with Crippen molar-refractivity contribution in [2.24, 2.45) is 0 Å². The minimum Gasteiger partial charge on any atom is -0.385 e. The zero-order valence-corrected chi connectivity index (χ0v) is 12.8. The molecule has 1 amide bonds. The molecule has 0 spiro atoms. The van der Waals surface area contributed by atoms with E-state index in [0.29, 0.717) is 0 Å². The summed E-state index contributed by atoms with van der Waals surface area (Å²) in [6.45, 7) is 7.69. The van der Waals surface area contributed by atoms with Gasteiger partial charge in [-0.25, -0.2) is 0 Å². The van der Waals surface area contributed by atoms with Gasteiger partial charge in [0.25, 0.3) is 5.91 Å². The lowest BCUT2D eigenvalue weighted by molar-refractivity contribution is 0.0574. The molecule has 1 fully saturated rings. The Morgan fingerprint density at radius 1 is 1.50 bits per heavy atom. The van der Waals surface area contributed by atoms with E-state index in [1.807, 2.05) is 44.0 Å². The van der Waals surface area contributed by atoms with Gasteiger partial charge in [-0.05, 0) is 51.0 Å². The SMILES string of the molecule is CCNc1ccc(C(=O)N(C)C2CCOC2C)c(C)c1. The van der Waals surface area contributed by atoms with E-state index in [1.165, 1.54) is 0 Å². The summed E-state index contributed by atoms with van der Waals surface area (Å²) in [6, 6.07) is 6.08. The molecule has 20 heavy (non-hydrogen) atoms. The van der Waals surface area contributed by atoms with E-state index in [2.05, 4.69) is 12.2 Å². The Balaban J connectivity index is 2.16. The highest BCUT2D eigenvalue weighted by Gasteiger charge is 2.31. The van der Waals surface area contributed by atoms with Crippen molar-refractivity contribution in [3.8, 4) is 0 Å². The number of likely N-dealkylation sites (N-methyl/N-ethyl adjacent to an activating group) is 1. The van der Waals surface area contributed by atoms with Gasteiger partial charge in [0.05, 0.1) is 12.1 Å². The van der Waals surface area contributed by atoms with Gasteiger partial charge in [-0.1, -0.05) is 0 Å². The number of anilines is 1. The Morgan fingerprint density at radius 2 is 2.25 bits per heavy atom. The largest absolute Gasteiger partial charge is 0.385 e. The maximum absolute atomic E-state index is 12.6. The summed E-state index contributed by atoms with van der Waals surface area (Å²) in [5.74, 6) is 0.0768. The normalized spacial score (nSPS) is 21.8. The topological polar surface area (TPSA) is 41.6 Å². The number of carbonyl (C=O) groups is 1. The Hall–Kier alpha value is -1.55. The quantitative estimate of drug-likeness (QED) is 0.919. The van der Waals surface area contributed by atoms with E-state index < -0.39 is 0 Å². The van der Waals surface area contributed by atoms with Gasteiger partial charge in [-0.3, -0.25) is 4.79 Å². The van der Waals surface area contributed by atoms with Gasteiger partial charge in [0.2, 0.25) is 0 Å². The molecule has 0 aromatic heterocycles. The monoisotopic (exact) mass is 276 g/mol. The van der Waals surface area contributed by atoms with Crippen molar-refractivity contribution in [3.63, 3.8) is 0 Å². The number of benzene rings is 1. The van der Waals surface area contributed by atoms with Crippen LogP contribution in [-0.4, -0.2) is 43.2 Å². The fourth-order valence-corrected chi connectivity index (χ4v) is 2.79. The second kappa shape index (κ2) is 6.27. The van der Waals surface area contributed by atoms with Crippen molar-refractivity contribution in [1.82, 2.24) is 4.90 Å². The number of hydrogen-bond acceptors (Lipinski definition) is 3. The smallest absolute Gasteiger partial charge is 0.254 e. The minimum absolute atomic E-state index is 0.0768. The lowest BCUT2D eigenvalue weighted by atomic mass is 10.0. The van der Waals surface area contributed by atoms with Crippen LogP contribution in [0.25, 0.3) is 0 Å². The first kappa shape index (κ1) is 14.9. The molecule has 0 aliphatic carbocycles. The molecule has 2 atom stereocenters. The molecule has 0 radical (unpaired) electrons. The van der Waals surface area contributed by atoms with E-state index in [0.717, 1.165) is 36.4 Å². The molecule has 2 rings (SSSR count). The van der Waals surface area contributed by atoms with Crippen LogP contribution in [0.2, 0.25) is 0 Å². The zero-order valence-electron chi connectivity index (χ0n) is 12.8. The van der Waals surface area contributed by atoms with Crippen LogP contribution in [0.4, 0.5) is 5.69 Å². The number of nitrogens with one attached hydrogen (secondary N) is 1. The number of hydrogen-bond donors (Lipinski definition) is 1. The second-order valence-electron chi connectivity index (χ2n) is 5.41. The minimum atomic E-state index is 0.0768. The third kappa shape index (κ3) is 2.96. The average molecular weight is 276 g/mol. The molecule has 1 aromatic rings. The van der Waals surface area contributed by atoms with E-state index in [-0.39, 0.29) is 18.1 Å². The van der Waals surface area contributed by atoms with Gasteiger partial charge in [-0.2, -0.15) is 0 Å². The number of rotatable bonds is 4. The van der Waals surface area contributed by atoms with Gasteiger partial charge in [0.1, 0.15) is 0 Å². The number of nitrogens with zero attached hydrogens (tertiary/aromatic N) is 1. The Bertz CT molecular complexity index is 487. The van der Waals surface area contributed by atoms with Gasteiger partial charge in [0.15, 0.2) is 0 Å². The fraction of sp³-hybridized carbons (Fsp3) is 0.562. The summed E-state index contributed by atoms with van der Waals surface area (Å²) in [5.41, 5.74) is 2.84. The molecule has 2 unspecified atom stereocenters. The molecule has 4 heteroatoms. The summed E-state index contributed by atoms with van der Waals surface area (Å²) >= 11 is 0. The Kier molecular flexibility index (Phi) is 4.65. The van der Waals surface area contributed by atoms with Crippen molar-refractivity contribution >= 4 is 11.6 Å². The number of carbonyl (C=O) groups excluding carboxylic acids is 1. The lowest BCUT2D eigenvalue weighted by Crippen LogP contribution is -2.41. The van der Waals surface area contributed by atoms with Crippen molar-refractivity contribution in [2.45, 2.75) is 39.3 Å². The molecule has 1 aromatic carbocycles. The average Bonchev–Trinajstić information content (AvgIpc) is 2.84. The molecule has 110 valence electrons. The highest BCUT2D eigenvalue weighted by molar-refractivity contribution is 5.96. The summed E-state index contributed by atoms with van der Waals surface area (Å²) in [5, 5.41) is 3.26. The summed E-state index contributed by atoms with van der Waals surface area (Å²) in [4.78, 5) is 14.4. The number of aryl methyl sites for hydroxylation is 1. The molecule has 0 saturated carbocycles. The van der Waals surface area contributed by atoms with Gasteiger partial charge in [-0.15, -0.1) is 0 Å². The molecule has 1 aliphatic rings. The second-order valence-corrected chi connectivity index (χ2v) is 5.41. The molecule has 0 bridgehead atoms. The molecule has 1 saturated heterocycles. The van der Waals surface area contributed by atoms with Crippen molar-refractivity contribution in [2.75, 3.05) is 25.5 Å². The Labute approximate surface area is 121 Å². The first-order chi connectivity index (χ1) is 9.54. The van der Waals surface area contributed by atoms with Gasteiger partial charge < -0.3 is 15.0 Å². The molecule has 1 aliphatic heterocycles. The lowest BCUT2D eigenvalue weighted by Gasteiger charge is -2.27. The van der Waals surface area contributed by atoms with Crippen LogP contribution in [0.3, 0.4) is 0 Å². The van der Waals surface area contributed by atoms with E-state index in [4.69, 9.17) is 4.74 Å². The van der Waals surface area contributed by atoms with Crippen LogP contribution < -0.4 is 5.32 Å². The zero-order chi connectivity index (χ0) is 14.7. The molecular formula is C16H24N2O2. The summed E-state index contributed by atoms with van der Waals surface area (Å²) in [6.07, 6.45) is 1.03. The number of ether oxygens (including phenoxy) is 1. The van der Waals surface area contributed by atoms with E-state index >= 15 is 0 Å². The van der Waals surface area contributed by atoms with Gasteiger partial charge >= 0.3 is 0 Å².